The van der Waals surface area contributed by atoms with Gasteiger partial charge in [0.15, 0.2) is 0 Å². The molecule has 1 unspecified atom stereocenters. The highest BCUT2D eigenvalue weighted by Crippen LogP contribution is 2.29. The van der Waals surface area contributed by atoms with Crippen LogP contribution in [0.15, 0.2) is 28.7 Å². The van der Waals surface area contributed by atoms with Crippen molar-refractivity contribution < 1.29 is 9.59 Å². The fourth-order valence-corrected chi connectivity index (χ4v) is 3.67. The summed E-state index contributed by atoms with van der Waals surface area (Å²) in [5, 5.41) is 2.71. The van der Waals surface area contributed by atoms with Gasteiger partial charge >= 0.3 is 0 Å². The van der Waals surface area contributed by atoms with E-state index in [4.69, 9.17) is 12.2 Å². The van der Waals surface area contributed by atoms with E-state index >= 15 is 0 Å². The van der Waals surface area contributed by atoms with Crippen LogP contribution in [0.3, 0.4) is 0 Å². The molecule has 112 valence electrons. The van der Waals surface area contributed by atoms with E-state index in [0.717, 1.165) is 16.6 Å². The number of rotatable bonds is 5. The highest BCUT2D eigenvalue weighted by Gasteiger charge is 2.35. The van der Waals surface area contributed by atoms with Gasteiger partial charge in [-0.3, -0.25) is 14.5 Å². The van der Waals surface area contributed by atoms with E-state index in [1.165, 1.54) is 16.7 Å². The van der Waals surface area contributed by atoms with E-state index in [1.54, 1.807) is 0 Å². The SMILES string of the molecule is CCC1SC(=S)N(CCC(=O)Nc2ccc(Br)cc2)C1=O. The van der Waals surface area contributed by atoms with Gasteiger partial charge in [-0.05, 0) is 30.7 Å². The van der Waals surface area contributed by atoms with E-state index < -0.39 is 0 Å². The largest absolute Gasteiger partial charge is 0.326 e. The van der Waals surface area contributed by atoms with Gasteiger partial charge in [-0.25, -0.2) is 0 Å². The molecule has 0 aromatic heterocycles. The van der Waals surface area contributed by atoms with Crippen molar-refractivity contribution in [3.63, 3.8) is 0 Å². The first-order chi connectivity index (χ1) is 10.0. The zero-order valence-corrected chi connectivity index (χ0v) is 14.7. The smallest absolute Gasteiger partial charge is 0.241 e. The molecule has 1 aliphatic heterocycles. The highest BCUT2D eigenvalue weighted by molar-refractivity contribution is 9.10. The molecule has 4 nitrogen and oxygen atoms in total. The number of carbonyl (C=O) groups excluding carboxylic acids is 2. The number of carbonyl (C=O) groups is 2. The Morgan fingerprint density at radius 3 is 2.67 bits per heavy atom. The van der Waals surface area contributed by atoms with Crippen molar-refractivity contribution in [3.05, 3.63) is 28.7 Å². The van der Waals surface area contributed by atoms with Gasteiger partial charge in [0.2, 0.25) is 11.8 Å². The number of thiocarbonyl (C=S) groups is 1. The normalized spacial score (nSPS) is 18.2. The molecular formula is C14H15BrN2O2S2. The van der Waals surface area contributed by atoms with Crippen LogP contribution in [0.5, 0.6) is 0 Å². The molecule has 2 rings (SSSR count). The number of amides is 2. The van der Waals surface area contributed by atoms with Gasteiger partial charge in [0.25, 0.3) is 0 Å². The lowest BCUT2D eigenvalue weighted by Crippen LogP contribution is -2.33. The minimum absolute atomic E-state index is 0.0175. The zero-order valence-electron chi connectivity index (χ0n) is 11.5. The summed E-state index contributed by atoms with van der Waals surface area (Å²) in [5.74, 6) is -0.109. The Kier molecular flexibility index (Phi) is 5.78. The maximum absolute atomic E-state index is 12.0. The Labute approximate surface area is 141 Å². The summed E-state index contributed by atoms with van der Waals surface area (Å²) in [6.07, 6.45) is 0.990. The molecular weight excluding hydrogens is 372 g/mol. The van der Waals surface area contributed by atoms with Gasteiger partial charge in [-0.1, -0.05) is 46.8 Å². The quantitative estimate of drug-likeness (QED) is 0.787. The second-order valence-corrected chi connectivity index (χ2v) is 7.33. The number of hydrogen-bond donors (Lipinski definition) is 1. The van der Waals surface area contributed by atoms with Crippen LogP contribution in [0.4, 0.5) is 5.69 Å². The van der Waals surface area contributed by atoms with Crippen LogP contribution >= 0.6 is 39.9 Å². The lowest BCUT2D eigenvalue weighted by atomic mass is 10.2. The minimum atomic E-state index is -0.127. The summed E-state index contributed by atoms with van der Waals surface area (Å²) in [6, 6.07) is 7.35. The Balaban J connectivity index is 1.85. The topological polar surface area (TPSA) is 49.4 Å². The molecule has 2 amide bonds. The van der Waals surface area contributed by atoms with E-state index in [9.17, 15) is 9.59 Å². The van der Waals surface area contributed by atoms with Crippen LogP contribution in [-0.4, -0.2) is 32.8 Å². The van der Waals surface area contributed by atoms with Crippen molar-refractivity contribution in [2.24, 2.45) is 0 Å². The molecule has 1 heterocycles. The first kappa shape index (κ1) is 16.5. The Bertz CT molecular complexity index is 563. The summed E-state index contributed by atoms with van der Waals surface area (Å²) < 4.78 is 1.53. The van der Waals surface area contributed by atoms with Crippen molar-refractivity contribution in [1.29, 1.82) is 0 Å². The van der Waals surface area contributed by atoms with Crippen molar-refractivity contribution in [2.45, 2.75) is 25.0 Å². The number of halogens is 1. The first-order valence-electron chi connectivity index (χ1n) is 6.58. The second kappa shape index (κ2) is 7.38. The maximum Gasteiger partial charge on any atom is 0.241 e. The lowest BCUT2D eigenvalue weighted by Gasteiger charge is -2.15. The molecule has 1 fully saturated rings. The van der Waals surface area contributed by atoms with Gasteiger partial charge < -0.3 is 5.32 Å². The van der Waals surface area contributed by atoms with Crippen LogP contribution in [0.1, 0.15) is 19.8 Å². The third-order valence-electron chi connectivity index (χ3n) is 3.07. The standard InChI is InChI=1S/C14H15BrN2O2S2/c1-2-11-13(19)17(14(20)21-11)8-7-12(18)16-10-5-3-9(15)4-6-10/h3-6,11H,2,7-8H2,1H3,(H,16,18). The summed E-state index contributed by atoms with van der Waals surface area (Å²) in [7, 11) is 0. The zero-order chi connectivity index (χ0) is 15.4. The predicted molar refractivity (Wildman–Crippen MR) is 93.4 cm³/mol. The third-order valence-corrected chi connectivity index (χ3v) is 5.35. The molecule has 0 radical (unpaired) electrons. The number of hydrogen-bond acceptors (Lipinski definition) is 4. The summed E-state index contributed by atoms with van der Waals surface area (Å²) in [6.45, 7) is 2.30. The monoisotopic (exact) mass is 386 g/mol. The Morgan fingerprint density at radius 2 is 2.10 bits per heavy atom. The molecule has 1 aliphatic rings. The number of anilines is 1. The van der Waals surface area contributed by atoms with Crippen molar-refractivity contribution in [1.82, 2.24) is 4.90 Å². The molecule has 0 spiro atoms. The van der Waals surface area contributed by atoms with Gasteiger partial charge in [-0.2, -0.15) is 0 Å². The Hall–Kier alpha value is -0.920. The van der Waals surface area contributed by atoms with Crippen molar-refractivity contribution >= 4 is 61.7 Å². The Morgan fingerprint density at radius 1 is 1.43 bits per heavy atom. The van der Waals surface area contributed by atoms with Crippen molar-refractivity contribution in [3.8, 4) is 0 Å². The van der Waals surface area contributed by atoms with Crippen LogP contribution in [0, 0.1) is 0 Å². The lowest BCUT2D eigenvalue weighted by molar-refractivity contribution is -0.126. The summed E-state index contributed by atoms with van der Waals surface area (Å²) in [4.78, 5) is 25.5. The fourth-order valence-electron chi connectivity index (χ4n) is 1.93. The highest BCUT2D eigenvalue weighted by atomic mass is 79.9. The molecule has 1 N–H and O–H groups in total. The molecule has 7 heteroatoms. The number of thioether (sulfide) groups is 1. The van der Waals surface area contributed by atoms with Gasteiger partial charge in [0, 0.05) is 23.1 Å². The van der Waals surface area contributed by atoms with E-state index in [1.807, 2.05) is 31.2 Å². The predicted octanol–water partition coefficient (Wildman–Crippen LogP) is 3.42. The average molecular weight is 387 g/mol. The molecule has 1 aromatic carbocycles. The number of nitrogens with one attached hydrogen (secondary N) is 1. The van der Waals surface area contributed by atoms with Crippen LogP contribution < -0.4 is 5.32 Å². The summed E-state index contributed by atoms with van der Waals surface area (Å²) in [5.41, 5.74) is 0.735. The first-order valence-corrected chi connectivity index (χ1v) is 8.66. The van der Waals surface area contributed by atoms with E-state index in [0.29, 0.717) is 10.9 Å². The van der Waals surface area contributed by atoms with Gasteiger partial charge in [0.1, 0.15) is 4.32 Å². The molecule has 1 aromatic rings. The molecule has 21 heavy (non-hydrogen) atoms. The molecule has 0 aliphatic carbocycles. The average Bonchev–Trinajstić information content (AvgIpc) is 2.74. The van der Waals surface area contributed by atoms with E-state index in [-0.39, 0.29) is 23.5 Å². The number of benzene rings is 1. The maximum atomic E-state index is 12.0. The van der Waals surface area contributed by atoms with Crippen molar-refractivity contribution in [2.75, 3.05) is 11.9 Å². The molecule has 1 atom stereocenters. The van der Waals surface area contributed by atoms with Gasteiger partial charge in [0.05, 0.1) is 5.25 Å². The molecule has 1 saturated heterocycles. The fraction of sp³-hybridized carbons (Fsp3) is 0.357. The third kappa shape index (κ3) is 4.28. The van der Waals surface area contributed by atoms with Crippen LogP contribution in [-0.2, 0) is 9.59 Å². The van der Waals surface area contributed by atoms with E-state index in [2.05, 4.69) is 21.2 Å². The van der Waals surface area contributed by atoms with Gasteiger partial charge in [-0.15, -0.1) is 0 Å². The second-order valence-electron chi connectivity index (χ2n) is 4.58. The summed E-state index contributed by atoms with van der Waals surface area (Å²) >= 11 is 9.94. The minimum Gasteiger partial charge on any atom is -0.326 e. The van der Waals surface area contributed by atoms with Crippen LogP contribution in [0.2, 0.25) is 0 Å². The number of nitrogens with zero attached hydrogens (tertiary/aromatic N) is 1. The van der Waals surface area contributed by atoms with Crippen LogP contribution in [0.25, 0.3) is 0 Å². The molecule has 0 saturated carbocycles. The molecule has 0 bridgehead atoms.